The molecule has 2 rings (SSSR count). The van der Waals surface area contributed by atoms with Crippen LogP contribution in [0.1, 0.15) is 12.8 Å². The molecule has 7 nitrogen and oxygen atoms in total. The molecule has 0 bridgehead atoms. The summed E-state index contributed by atoms with van der Waals surface area (Å²) in [6.45, 7) is 0.871. The van der Waals surface area contributed by atoms with Crippen molar-refractivity contribution in [2.75, 3.05) is 32.8 Å². The lowest BCUT2D eigenvalue weighted by Gasteiger charge is -2.31. The summed E-state index contributed by atoms with van der Waals surface area (Å²) in [5, 5.41) is 8.77. The SMILES string of the molecule is O=C(O)CN(C1CC1)S(=O)(=O)N1CCOCC1. The van der Waals surface area contributed by atoms with Crippen LogP contribution in [0.15, 0.2) is 0 Å². The fourth-order valence-corrected chi connectivity index (χ4v) is 3.59. The molecule has 8 heteroatoms. The highest BCUT2D eigenvalue weighted by Gasteiger charge is 2.41. The molecule has 0 aromatic heterocycles. The van der Waals surface area contributed by atoms with E-state index in [1.165, 1.54) is 4.31 Å². The number of nitrogens with zero attached hydrogens (tertiary/aromatic N) is 2. The molecule has 0 unspecified atom stereocenters. The molecule has 1 saturated heterocycles. The molecule has 17 heavy (non-hydrogen) atoms. The lowest BCUT2D eigenvalue weighted by atomic mass is 10.5. The maximum atomic E-state index is 12.2. The summed E-state index contributed by atoms with van der Waals surface area (Å²) in [5.41, 5.74) is 0. The molecule has 0 spiro atoms. The quantitative estimate of drug-likeness (QED) is 0.696. The van der Waals surface area contributed by atoms with Crippen LogP contribution in [0.5, 0.6) is 0 Å². The minimum atomic E-state index is -3.65. The van der Waals surface area contributed by atoms with Crippen LogP contribution in [0.2, 0.25) is 0 Å². The number of aliphatic carboxylic acids is 1. The maximum Gasteiger partial charge on any atom is 0.318 e. The van der Waals surface area contributed by atoms with Gasteiger partial charge in [0.2, 0.25) is 0 Å². The van der Waals surface area contributed by atoms with Gasteiger partial charge in [-0.05, 0) is 12.8 Å². The Morgan fingerprint density at radius 2 is 1.94 bits per heavy atom. The third-order valence-electron chi connectivity index (χ3n) is 2.84. The molecular formula is C9H16N2O5S. The molecule has 0 atom stereocenters. The van der Waals surface area contributed by atoms with Crippen LogP contribution in [0, 0.1) is 0 Å². The molecule has 0 aromatic rings. The van der Waals surface area contributed by atoms with Crippen molar-refractivity contribution < 1.29 is 23.1 Å². The van der Waals surface area contributed by atoms with Crippen LogP contribution in [-0.2, 0) is 19.7 Å². The van der Waals surface area contributed by atoms with Gasteiger partial charge in [-0.1, -0.05) is 0 Å². The van der Waals surface area contributed by atoms with Gasteiger partial charge in [0, 0.05) is 19.1 Å². The Morgan fingerprint density at radius 1 is 1.35 bits per heavy atom. The zero-order chi connectivity index (χ0) is 12.5. The molecule has 2 aliphatic rings. The number of carbonyl (C=O) groups is 1. The van der Waals surface area contributed by atoms with Gasteiger partial charge in [0.1, 0.15) is 6.54 Å². The van der Waals surface area contributed by atoms with E-state index in [-0.39, 0.29) is 6.04 Å². The summed E-state index contributed by atoms with van der Waals surface area (Å²) < 4.78 is 32.0. The van der Waals surface area contributed by atoms with Crippen molar-refractivity contribution in [1.29, 1.82) is 0 Å². The topological polar surface area (TPSA) is 87.2 Å². The average molecular weight is 264 g/mol. The Bertz CT molecular complexity index is 386. The Morgan fingerprint density at radius 3 is 2.41 bits per heavy atom. The van der Waals surface area contributed by atoms with Gasteiger partial charge in [0.05, 0.1) is 13.2 Å². The van der Waals surface area contributed by atoms with Crippen LogP contribution in [0.3, 0.4) is 0 Å². The van der Waals surface area contributed by atoms with E-state index in [0.29, 0.717) is 26.3 Å². The largest absolute Gasteiger partial charge is 0.480 e. The molecule has 1 N–H and O–H groups in total. The Labute approximate surface area is 100 Å². The lowest BCUT2D eigenvalue weighted by Crippen LogP contribution is -2.50. The monoisotopic (exact) mass is 264 g/mol. The summed E-state index contributed by atoms with van der Waals surface area (Å²) in [7, 11) is -3.65. The maximum absolute atomic E-state index is 12.2. The summed E-state index contributed by atoms with van der Waals surface area (Å²) in [6, 6.07) is -0.140. The number of ether oxygens (including phenoxy) is 1. The van der Waals surface area contributed by atoms with Crippen molar-refractivity contribution in [2.45, 2.75) is 18.9 Å². The third-order valence-corrected chi connectivity index (χ3v) is 4.88. The normalized spacial score (nSPS) is 22.9. The predicted octanol–water partition coefficient (Wildman–Crippen LogP) is -0.888. The van der Waals surface area contributed by atoms with Crippen molar-refractivity contribution in [3.05, 3.63) is 0 Å². The third kappa shape index (κ3) is 2.95. The van der Waals surface area contributed by atoms with Crippen molar-refractivity contribution >= 4 is 16.2 Å². The van der Waals surface area contributed by atoms with Crippen LogP contribution in [-0.4, -0.2) is 67.0 Å². The molecule has 0 amide bonds. The van der Waals surface area contributed by atoms with Gasteiger partial charge in [0.15, 0.2) is 0 Å². The molecular weight excluding hydrogens is 248 g/mol. The van der Waals surface area contributed by atoms with Gasteiger partial charge in [-0.2, -0.15) is 17.0 Å². The van der Waals surface area contributed by atoms with Crippen LogP contribution < -0.4 is 0 Å². The molecule has 0 aromatic carbocycles. The highest BCUT2D eigenvalue weighted by molar-refractivity contribution is 7.86. The highest BCUT2D eigenvalue weighted by Crippen LogP contribution is 2.30. The van der Waals surface area contributed by atoms with E-state index in [2.05, 4.69) is 0 Å². The fourth-order valence-electron chi connectivity index (χ4n) is 1.82. The van der Waals surface area contributed by atoms with Gasteiger partial charge >= 0.3 is 5.97 Å². The van der Waals surface area contributed by atoms with E-state index in [1.807, 2.05) is 0 Å². The van der Waals surface area contributed by atoms with Gasteiger partial charge in [-0.15, -0.1) is 0 Å². The van der Waals surface area contributed by atoms with E-state index >= 15 is 0 Å². The minimum absolute atomic E-state index is 0.140. The van der Waals surface area contributed by atoms with E-state index in [0.717, 1.165) is 17.1 Å². The van der Waals surface area contributed by atoms with Gasteiger partial charge < -0.3 is 9.84 Å². The van der Waals surface area contributed by atoms with Crippen molar-refractivity contribution in [3.63, 3.8) is 0 Å². The van der Waals surface area contributed by atoms with Crippen LogP contribution in [0.4, 0.5) is 0 Å². The number of hydrogen-bond donors (Lipinski definition) is 1. The van der Waals surface area contributed by atoms with E-state index in [9.17, 15) is 13.2 Å². The van der Waals surface area contributed by atoms with Crippen molar-refractivity contribution in [3.8, 4) is 0 Å². The summed E-state index contributed by atoms with van der Waals surface area (Å²) >= 11 is 0. The highest BCUT2D eigenvalue weighted by atomic mass is 32.2. The standard InChI is InChI=1S/C9H16N2O5S/c12-9(13)7-11(8-1-2-8)17(14,15)10-3-5-16-6-4-10/h8H,1-7H2,(H,12,13). The first-order valence-electron chi connectivity index (χ1n) is 5.58. The first-order chi connectivity index (χ1) is 8.01. The fraction of sp³-hybridized carbons (Fsp3) is 0.889. The second kappa shape index (κ2) is 4.89. The number of carboxylic acid groups (broad SMARTS) is 1. The molecule has 1 aliphatic heterocycles. The second-order valence-electron chi connectivity index (χ2n) is 4.19. The number of hydrogen-bond acceptors (Lipinski definition) is 4. The second-order valence-corrected chi connectivity index (χ2v) is 6.07. The zero-order valence-electron chi connectivity index (χ0n) is 9.41. The molecule has 1 saturated carbocycles. The van der Waals surface area contributed by atoms with Crippen molar-refractivity contribution in [1.82, 2.24) is 8.61 Å². The smallest absolute Gasteiger partial charge is 0.318 e. The molecule has 1 aliphatic carbocycles. The Hall–Kier alpha value is -0.700. The number of carboxylic acids is 1. The van der Waals surface area contributed by atoms with Crippen molar-refractivity contribution in [2.24, 2.45) is 0 Å². The van der Waals surface area contributed by atoms with Crippen LogP contribution in [0.25, 0.3) is 0 Å². The van der Waals surface area contributed by atoms with Gasteiger partial charge in [-0.3, -0.25) is 4.79 Å². The zero-order valence-corrected chi connectivity index (χ0v) is 10.2. The van der Waals surface area contributed by atoms with E-state index in [1.54, 1.807) is 0 Å². The first-order valence-corrected chi connectivity index (χ1v) is 6.98. The minimum Gasteiger partial charge on any atom is -0.480 e. The summed E-state index contributed by atoms with van der Waals surface area (Å²) in [4.78, 5) is 10.7. The molecule has 98 valence electrons. The van der Waals surface area contributed by atoms with Crippen LogP contribution >= 0.6 is 0 Å². The number of rotatable bonds is 5. The Balaban J connectivity index is 2.12. The molecule has 1 heterocycles. The average Bonchev–Trinajstić information content (AvgIpc) is 3.10. The lowest BCUT2D eigenvalue weighted by molar-refractivity contribution is -0.137. The van der Waals surface area contributed by atoms with Gasteiger partial charge in [-0.25, -0.2) is 0 Å². The van der Waals surface area contributed by atoms with E-state index < -0.39 is 22.7 Å². The predicted molar refractivity (Wildman–Crippen MR) is 58.7 cm³/mol. The first kappa shape index (κ1) is 12.7. The van der Waals surface area contributed by atoms with E-state index in [4.69, 9.17) is 9.84 Å². The summed E-state index contributed by atoms with van der Waals surface area (Å²) in [6.07, 6.45) is 1.49. The molecule has 2 fully saturated rings. The number of morpholine rings is 1. The molecule has 0 radical (unpaired) electrons. The van der Waals surface area contributed by atoms with Gasteiger partial charge in [0.25, 0.3) is 10.2 Å². The summed E-state index contributed by atoms with van der Waals surface area (Å²) in [5.74, 6) is -1.12. The Kier molecular flexibility index (Phi) is 3.67.